The van der Waals surface area contributed by atoms with Crippen molar-refractivity contribution in [3.8, 4) is 11.3 Å². The Hall–Kier alpha value is -2.55. The van der Waals surface area contributed by atoms with Crippen molar-refractivity contribution in [2.45, 2.75) is 83.2 Å². The van der Waals surface area contributed by atoms with Crippen LogP contribution < -0.4 is 11.1 Å². The van der Waals surface area contributed by atoms with E-state index in [1.165, 1.54) is 18.4 Å². The fourth-order valence-electron chi connectivity index (χ4n) is 5.83. The summed E-state index contributed by atoms with van der Waals surface area (Å²) in [6.07, 6.45) is 11.7. The van der Waals surface area contributed by atoms with E-state index in [2.05, 4.69) is 51.1 Å². The molecule has 0 radical (unpaired) electrons. The summed E-state index contributed by atoms with van der Waals surface area (Å²) in [5.41, 5.74) is 10.4. The average molecular weight is 490 g/mol. The lowest BCUT2D eigenvalue weighted by Gasteiger charge is -2.25. The Labute approximate surface area is 213 Å². The number of aromatic nitrogens is 4. The molecule has 2 aliphatic heterocycles. The highest BCUT2D eigenvalue weighted by molar-refractivity contribution is 5.91. The molecule has 2 atom stereocenters. The van der Waals surface area contributed by atoms with Crippen LogP contribution in [0.5, 0.6) is 0 Å². The minimum absolute atomic E-state index is 0.198. The molecule has 36 heavy (non-hydrogen) atoms. The molecule has 4 heterocycles. The van der Waals surface area contributed by atoms with Gasteiger partial charge in [-0.3, -0.25) is 4.90 Å². The molecule has 1 aromatic carbocycles. The first kappa shape index (κ1) is 23.8. The number of unbranched alkanes of at least 4 members (excludes halogenated alkanes) is 1. The number of rotatable bonds is 9. The molecule has 0 amide bonds. The Kier molecular flexibility index (Phi) is 6.91. The Morgan fingerprint density at radius 2 is 1.86 bits per heavy atom. The van der Waals surface area contributed by atoms with Crippen LogP contribution in [0.3, 0.4) is 0 Å². The third-order valence-electron chi connectivity index (χ3n) is 8.11. The molecule has 2 aromatic heterocycles. The largest absolute Gasteiger partial charge is 0.354 e. The highest BCUT2D eigenvalue weighted by Crippen LogP contribution is 2.42. The zero-order valence-electron chi connectivity index (χ0n) is 21.4. The quantitative estimate of drug-likeness (QED) is 0.332. The van der Waals surface area contributed by atoms with Gasteiger partial charge in [-0.15, -0.1) is 0 Å². The van der Waals surface area contributed by atoms with Gasteiger partial charge < -0.3 is 15.8 Å². The van der Waals surface area contributed by atoms with Gasteiger partial charge in [0.15, 0.2) is 5.65 Å². The molecule has 3 fully saturated rings. The fraction of sp³-hybridized carbons (Fsp3) is 0.607. The highest BCUT2D eigenvalue weighted by Gasteiger charge is 2.45. The Morgan fingerprint density at radius 3 is 2.61 bits per heavy atom. The lowest BCUT2D eigenvalue weighted by molar-refractivity contribution is 0.210. The fourth-order valence-corrected chi connectivity index (χ4v) is 5.83. The maximum atomic E-state index is 6.16. The summed E-state index contributed by atoms with van der Waals surface area (Å²) < 4.78 is 8.13. The van der Waals surface area contributed by atoms with Crippen LogP contribution in [0.4, 0.5) is 5.95 Å². The van der Waals surface area contributed by atoms with Crippen molar-refractivity contribution in [3.05, 3.63) is 36.0 Å². The molecule has 3 N–H and O–H groups in total. The van der Waals surface area contributed by atoms with E-state index in [-0.39, 0.29) is 12.3 Å². The molecule has 8 heteroatoms. The second-order valence-corrected chi connectivity index (χ2v) is 10.8. The van der Waals surface area contributed by atoms with Gasteiger partial charge in [-0.2, -0.15) is 10.1 Å². The molecule has 0 spiro atoms. The Morgan fingerprint density at radius 1 is 1.08 bits per heavy atom. The number of likely N-dealkylation sites (tertiary alicyclic amines) is 1. The van der Waals surface area contributed by atoms with Crippen molar-refractivity contribution in [2.75, 3.05) is 25.0 Å². The number of hydrogen-bond acceptors (Lipinski definition) is 7. The summed E-state index contributed by atoms with van der Waals surface area (Å²) in [6.45, 7) is 6.26. The van der Waals surface area contributed by atoms with Gasteiger partial charge >= 0.3 is 0 Å². The van der Waals surface area contributed by atoms with Gasteiger partial charge in [0, 0.05) is 44.0 Å². The van der Waals surface area contributed by atoms with Crippen LogP contribution in [-0.4, -0.2) is 56.6 Å². The molecule has 2 unspecified atom stereocenters. The molecule has 6 rings (SSSR count). The number of fused-ring (bicyclic) bond motifs is 1. The second kappa shape index (κ2) is 10.4. The van der Waals surface area contributed by atoms with E-state index in [4.69, 9.17) is 20.6 Å². The molecule has 8 nitrogen and oxygen atoms in total. The van der Waals surface area contributed by atoms with Crippen molar-refractivity contribution < 1.29 is 4.74 Å². The second-order valence-electron chi connectivity index (χ2n) is 10.8. The summed E-state index contributed by atoms with van der Waals surface area (Å²) in [5, 5.41) is 9.48. The molecule has 0 bridgehead atoms. The first-order valence-electron chi connectivity index (χ1n) is 13.9. The predicted octanol–water partition coefficient (Wildman–Crippen LogP) is 4.72. The van der Waals surface area contributed by atoms with Gasteiger partial charge in [0.25, 0.3) is 0 Å². The van der Waals surface area contributed by atoms with E-state index >= 15 is 0 Å². The topological polar surface area (TPSA) is 97.4 Å². The average Bonchev–Trinajstić information content (AvgIpc) is 3.35. The molecule has 1 aliphatic carbocycles. The van der Waals surface area contributed by atoms with Gasteiger partial charge in [-0.05, 0) is 56.4 Å². The van der Waals surface area contributed by atoms with E-state index in [0.29, 0.717) is 17.9 Å². The van der Waals surface area contributed by atoms with Crippen LogP contribution in [0.15, 0.2) is 30.5 Å². The molecular formula is C28H39N7O. The minimum atomic E-state index is 0.198. The third-order valence-corrected chi connectivity index (χ3v) is 8.11. The van der Waals surface area contributed by atoms with Crippen molar-refractivity contribution in [1.82, 2.24) is 24.6 Å². The van der Waals surface area contributed by atoms with Crippen molar-refractivity contribution in [2.24, 2.45) is 11.7 Å². The van der Waals surface area contributed by atoms with Gasteiger partial charge in [0.1, 0.15) is 18.0 Å². The molecule has 3 aromatic rings. The van der Waals surface area contributed by atoms with Gasteiger partial charge in [-0.25, -0.2) is 9.67 Å². The summed E-state index contributed by atoms with van der Waals surface area (Å²) in [6, 6.07) is 9.10. The molecule has 2 saturated heterocycles. The van der Waals surface area contributed by atoms with Crippen LogP contribution in [0, 0.1) is 5.92 Å². The van der Waals surface area contributed by atoms with E-state index < -0.39 is 0 Å². The Bertz CT molecular complexity index is 1160. The van der Waals surface area contributed by atoms with Crippen LogP contribution in [0.25, 0.3) is 22.3 Å². The number of anilines is 1. The number of nitrogens with one attached hydrogen (secondary N) is 1. The number of ether oxygens (including phenoxy) is 1. The number of hydrogen-bond donors (Lipinski definition) is 2. The minimum Gasteiger partial charge on any atom is -0.354 e. The molecular weight excluding hydrogens is 450 g/mol. The van der Waals surface area contributed by atoms with Crippen molar-refractivity contribution >= 4 is 17.0 Å². The van der Waals surface area contributed by atoms with E-state index in [1.54, 1.807) is 0 Å². The summed E-state index contributed by atoms with van der Waals surface area (Å²) >= 11 is 0. The van der Waals surface area contributed by atoms with Gasteiger partial charge in [-0.1, -0.05) is 37.6 Å². The van der Waals surface area contributed by atoms with E-state index in [0.717, 1.165) is 87.0 Å². The summed E-state index contributed by atoms with van der Waals surface area (Å²) in [4.78, 5) is 12.0. The lowest BCUT2D eigenvalue weighted by Crippen LogP contribution is -2.28. The van der Waals surface area contributed by atoms with Crippen LogP contribution in [0.1, 0.15) is 70.0 Å². The molecule has 192 valence electrons. The summed E-state index contributed by atoms with van der Waals surface area (Å²) in [7, 11) is 0. The normalized spacial score (nSPS) is 26.5. The van der Waals surface area contributed by atoms with Crippen LogP contribution in [0.2, 0.25) is 0 Å². The van der Waals surface area contributed by atoms with E-state index in [1.807, 2.05) is 6.20 Å². The number of nitrogens with two attached hydrogens (primary N) is 1. The third kappa shape index (κ3) is 4.99. The predicted molar refractivity (Wildman–Crippen MR) is 143 cm³/mol. The maximum absolute atomic E-state index is 6.16. The SMILES string of the molecule is CCCCNc1ncc2c(-c3ccc(C4OC4N4CCCC4)cc3)nn(CC3CCC(N)CC3)c2n1. The number of nitrogens with zero attached hydrogens (tertiary/aromatic N) is 5. The monoisotopic (exact) mass is 489 g/mol. The molecule has 3 aliphatic rings. The molecule has 1 saturated carbocycles. The van der Waals surface area contributed by atoms with Crippen LogP contribution >= 0.6 is 0 Å². The standard InChI is InChI=1S/C28H39N7O/c1-2-3-14-30-28-31-17-23-24(33-35(26(23)32-28)18-19-6-12-22(29)13-7-19)20-8-10-21(11-9-20)25-27(36-25)34-15-4-5-16-34/h8-11,17,19,22,25,27H,2-7,12-16,18,29H2,1H3,(H,30,31,32). The number of epoxide rings is 1. The van der Waals surface area contributed by atoms with Crippen molar-refractivity contribution in [3.63, 3.8) is 0 Å². The zero-order chi connectivity index (χ0) is 24.5. The zero-order valence-corrected chi connectivity index (χ0v) is 21.4. The highest BCUT2D eigenvalue weighted by atomic mass is 16.6. The summed E-state index contributed by atoms with van der Waals surface area (Å²) in [5.74, 6) is 1.27. The van der Waals surface area contributed by atoms with Crippen LogP contribution in [-0.2, 0) is 11.3 Å². The maximum Gasteiger partial charge on any atom is 0.224 e. The number of benzene rings is 1. The Balaban J connectivity index is 1.26. The van der Waals surface area contributed by atoms with E-state index in [9.17, 15) is 0 Å². The van der Waals surface area contributed by atoms with Gasteiger partial charge in [0.2, 0.25) is 5.95 Å². The smallest absolute Gasteiger partial charge is 0.224 e. The lowest BCUT2D eigenvalue weighted by atomic mass is 9.86. The first-order valence-corrected chi connectivity index (χ1v) is 13.9. The van der Waals surface area contributed by atoms with Gasteiger partial charge in [0.05, 0.1) is 5.39 Å². The van der Waals surface area contributed by atoms with Crippen molar-refractivity contribution in [1.29, 1.82) is 0 Å². The first-order chi connectivity index (χ1) is 17.7.